The largest absolute Gasteiger partial charge is 0.359 e. The van der Waals surface area contributed by atoms with Crippen LogP contribution in [-0.4, -0.2) is 27.9 Å². The van der Waals surface area contributed by atoms with Gasteiger partial charge in [0.1, 0.15) is 0 Å². The third-order valence-corrected chi connectivity index (χ3v) is 5.36. The van der Waals surface area contributed by atoms with Crippen molar-refractivity contribution in [3.05, 3.63) is 35.0 Å². The Morgan fingerprint density at radius 2 is 2.05 bits per heavy atom. The summed E-state index contributed by atoms with van der Waals surface area (Å²) in [5.41, 5.74) is 1.78. The van der Waals surface area contributed by atoms with Crippen molar-refractivity contribution in [3.63, 3.8) is 0 Å². The lowest BCUT2D eigenvalue weighted by molar-refractivity contribution is 0.000849. The second kappa shape index (κ2) is 4.26. The molecule has 1 amide bonds. The summed E-state index contributed by atoms with van der Waals surface area (Å²) in [5, 5.41) is 1.60. The minimum Gasteiger partial charge on any atom is -0.359 e. The topological polar surface area (TPSA) is 36.1 Å². The SMILES string of the molecule is O=C(c1c[nH]c2c(Cl)cccc12)N1CCC12CCCC2. The molecule has 1 aliphatic heterocycles. The van der Waals surface area contributed by atoms with Gasteiger partial charge in [-0.25, -0.2) is 0 Å². The number of fused-ring (bicyclic) bond motifs is 1. The third kappa shape index (κ3) is 1.56. The van der Waals surface area contributed by atoms with Gasteiger partial charge in [-0.15, -0.1) is 0 Å². The molecule has 2 aromatic rings. The number of H-pyrrole nitrogens is 1. The first-order valence-electron chi connectivity index (χ1n) is 7.29. The highest BCUT2D eigenvalue weighted by Gasteiger charge is 2.49. The summed E-state index contributed by atoms with van der Waals surface area (Å²) in [5.74, 6) is 0.159. The number of nitrogens with one attached hydrogen (secondary N) is 1. The second-order valence-electron chi connectivity index (χ2n) is 6.00. The number of halogens is 1. The van der Waals surface area contributed by atoms with Crippen molar-refractivity contribution in [3.8, 4) is 0 Å². The van der Waals surface area contributed by atoms with Gasteiger partial charge in [0.05, 0.1) is 16.1 Å². The predicted molar refractivity (Wildman–Crippen MR) is 80.2 cm³/mol. The second-order valence-corrected chi connectivity index (χ2v) is 6.41. The molecule has 1 spiro atoms. The third-order valence-electron chi connectivity index (χ3n) is 5.05. The summed E-state index contributed by atoms with van der Waals surface area (Å²) >= 11 is 6.17. The van der Waals surface area contributed by atoms with Crippen molar-refractivity contribution in [1.82, 2.24) is 9.88 Å². The van der Waals surface area contributed by atoms with E-state index in [9.17, 15) is 4.79 Å². The van der Waals surface area contributed by atoms with E-state index in [-0.39, 0.29) is 11.4 Å². The molecular weight excluding hydrogens is 272 g/mol. The molecule has 2 heterocycles. The van der Waals surface area contributed by atoms with E-state index >= 15 is 0 Å². The molecule has 20 heavy (non-hydrogen) atoms. The Kier molecular flexibility index (Phi) is 2.61. The van der Waals surface area contributed by atoms with Crippen molar-refractivity contribution in [1.29, 1.82) is 0 Å². The molecule has 2 aliphatic rings. The average Bonchev–Trinajstić information content (AvgIpc) is 3.06. The molecule has 1 aliphatic carbocycles. The quantitative estimate of drug-likeness (QED) is 0.846. The molecule has 0 radical (unpaired) electrons. The highest BCUT2D eigenvalue weighted by atomic mass is 35.5. The fourth-order valence-corrected chi connectivity index (χ4v) is 4.08. The van der Waals surface area contributed by atoms with Gasteiger partial charge in [0, 0.05) is 23.7 Å². The summed E-state index contributed by atoms with van der Waals surface area (Å²) in [6.07, 6.45) is 7.82. The van der Waals surface area contributed by atoms with Crippen LogP contribution in [0.4, 0.5) is 0 Å². The van der Waals surface area contributed by atoms with Crippen LogP contribution in [-0.2, 0) is 0 Å². The highest BCUT2D eigenvalue weighted by molar-refractivity contribution is 6.35. The maximum Gasteiger partial charge on any atom is 0.256 e. The van der Waals surface area contributed by atoms with Crippen LogP contribution in [0.5, 0.6) is 0 Å². The van der Waals surface area contributed by atoms with Crippen LogP contribution >= 0.6 is 11.6 Å². The van der Waals surface area contributed by atoms with Crippen LogP contribution < -0.4 is 0 Å². The van der Waals surface area contributed by atoms with E-state index in [1.165, 1.54) is 32.1 Å². The zero-order valence-corrected chi connectivity index (χ0v) is 12.0. The smallest absolute Gasteiger partial charge is 0.256 e. The van der Waals surface area contributed by atoms with E-state index in [2.05, 4.69) is 9.88 Å². The molecule has 0 unspecified atom stereocenters. The van der Waals surface area contributed by atoms with Crippen LogP contribution in [0.3, 0.4) is 0 Å². The van der Waals surface area contributed by atoms with E-state index in [1.54, 1.807) is 6.20 Å². The van der Waals surface area contributed by atoms with Crippen LogP contribution in [0.15, 0.2) is 24.4 Å². The lowest BCUT2D eigenvalue weighted by Crippen LogP contribution is -2.60. The average molecular weight is 289 g/mol. The molecule has 1 saturated heterocycles. The monoisotopic (exact) mass is 288 g/mol. The van der Waals surface area contributed by atoms with Crippen molar-refractivity contribution in [2.24, 2.45) is 0 Å². The molecular formula is C16H17ClN2O. The van der Waals surface area contributed by atoms with Gasteiger partial charge < -0.3 is 9.88 Å². The Bertz CT molecular complexity index is 685. The number of benzene rings is 1. The number of aromatic amines is 1. The summed E-state index contributed by atoms with van der Waals surface area (Å²) < 4.78 is 0. The van der Waals surface area contributed by atoms with Crippen molar-refractivity contribution in [2.45, 2.75) is 37.6 Å². The van der Waals surface area contributed by atoms with E-state index < -0.39 is 0 Å². The number of amides is 1. The zero-order valence-electron chi connectivity index (χ0n) is 11.3. The van der Waals surface area contributed by atoms with Crippen LogP contribution in [0.2, 0.25) is 5.02 Å². The minimum atomic E-state index is 0.159. The molecule has 1 saturated carbocycles. The number of para-hydroxylation sites is 1. The molecule has 104 valence electrons. The maximum absolute atomic E-state index is 12.8. The lowest BCUT2D eigenvalue weighted by Gasteiger charge is -2.51. The maximum atomic E-state index is 12.8. The fourth-order valence-electron chi connectivity index (χ4n) is 3.85. The Hall–Kier alpha value is -1.48. The van der Waals surface area contributed by atoms with E-state index in [4.69, 9.17) is 11.6 Å². The Morgan fingerprint density at radius 3 is 2.75 bits per heavy atom. The van der Waals surface area contributed by atoms with Crippen molar-refractivity contribution >= 4 is 28.4 Å². The summed E-state index contributed by atoms with van der Waals surface area (Å²) in [6, 6.07) is 5.71. The molecule has 3 nitrogen and oxygen atoms in total. The van der Waals surface area contributed by atoms with Gasteiger partial charge in [-0.1, -0.05) is 36.6 Å². The first kappa shape index (κ1) is 12.3. The predicted octanol–water partition coefficient (Wildman–Crippen LogP) is 3.98. The van der Waals surface area contributed by atoms with Crippen LogP contribution in [0.25, 0.3) is 10.9 Å². The highest BCUT2D eigenvalue weighted by Crippen LogP contribution is 2.45. The normalized spacial score (nSPS) is 20.6. The van der Waals surface area contributed by atoms with Gasteiger partial charge in [0.2, 0.25) is 0 Å². The van der Waals surface area contributed by atoms with Gasteiger partial charge in [-0.2, -0.15) is 0 Å². The number of nitrogens with zero attached hydrogens (tertiary/aromatic N) is 1. The van der Waals surface area contributed by atoms with E-state index in [1.807, 2.05) is 18.2 Å². The Morgan fingerprint density at radius 1 is 1.25 bits per heavy atom. The van der Waals surface area contributed by atoms with Gasteiger partial charge >= 0.3 is 0 Å². The summed E-state index contributed by atoms with van der Waals surface area (Å²) in [6.45, 7) is 0.895. The summed E-state index contributed by atoms with van der Waals surface area (Å²) in [7, 11) is 0. The molecule has 1 aromatic heterocycles. The molecule has 2 fully saturated rings. The molecule has 0 bridgehead atoms. The first-order chi connectivity index (χ1) is 9.71. The van der Waals surface area contributed by atoms with Crippen LogP contribution in [0, 0.1) is 0 Å². The molecule has 1 N–H and O–H groups in total. The number of likely N-dealkylation sites (tertiary alicyclic amines) is 1. The number of carbonyl (C=O) groups is 1. The van der Waals surface area contributed by atoms with Crippen molar-refractivity contribution < 1.29 is 4.79 Å². The number of aromatic nitrogens is 1. The van der Waals surface area contributed by atoms with Gasteiger partial charge in [0.25, 0.3) is 5.91 Å². The van der Waals surface area contributed by atoms with Crippen molar-refractivity contribution in [2.75, 3.05) is 6.54 Å². The summed E-state index contributed by atoms with van der Waals surface area (Å²) in [4.78, 5) is 18.1. The van der Waals surface area contributed by atoms with Gasteiger partial charge in [-0.05, 0) is 25.3 Å². The Labute approximate surface area is 122 Å². The molecule has 1 aromatic carbocycles. The number of rotatable bonds is 1. The van der Waals surface area contributed by atoms with E-state index in [0.717, 1.165) is 23.0 Å². The molecule has 4 rings (SSSR count). The lowest BCUT2D eigenvalue weighted by atomic mass is 9.82. The van der Waals surface area contributed by atoms with Gasteiger partial charge in [-0.3, -0.25) is 4.79 Å². The first-order valence-corrected chi connectivity index (χ1v) is 7.67. The van der Waals surface area contributed by atoms with Gasteiger partial charge in [0.15, 0.2) is 0 Å². The molecule has 4 heteroatoms. The zero-order chi connectivity index (χ0) is 13.7. The van der Waals surface area contributed by atoms with Crippen LogP contribution in [0.1, 0.15) is 42.5 Å². The Balaban J connectivity index is 1.73. The fraction of sp³-hybridized carbons (Fsp3) is 0.438. The number of hydrogen-bond acceptors (Lipinski definition) is 1. The number of hydrogen-bond donors (Lipinski definition) is 1. The number of carbonyl (C=O) groups excluding carboxylic acids is 1. The minimum absolute atomic E-state index is 0.159. The molecule has 0 atom stereocenters. The van der Waals surface area contributed by atoms with E-state index in [0.29, 0.717) is 5.02 Å². The standard InChI is InChI=1S/C16H17ClN2O/c17-13-5-3-4-11-12(10-18-14(11)13)15(20)19-9-8-16(19)6-1-2-7-16/h3-5,10,18H,1-2,6-9H2.